The first kappa shape index (κ1) is 17.5. The third kappa shape index (κ3) is 2.28. The molecule has 1 atom stereocenters. The molecular formula is C28H21NS. The van der Waals surface area contributed by atoms with Crippen molar-refractivity contribution in [3.8, 4) is 0 Å². The molecule has 0 aliphatic carbocycles. The van der Waals surface area contributed by atoms with Crippen molar-refractivity contribution in [1.82, 2.24) is 4.57 Å². The Hall–Kier alpha value is -3.36. The lowest BCUT2D eigenvalue weighted by Crippen LogP contribution is -2.31. The van der Waals surface area contributed by atoms with E-state index in [1.54, 1.807) is 0 Å². The third-order valence-corrected chi connectivity index (χ3v) is 7.28. The first-order valence-corrected chi connectivity index (χ1v) is 11.2. The standard InChI is InChI=1S/C28H21NS/c1-20-23-15-8-9-16-25(23)29-27(20)24(21-11-4-2-5-12-21)19-28(29,26-17-10-18-30-26)22-13-6-3-7-14-22/h2-19H,1H3. The third-order valence-electron chi connectivity index (χ3n) is 6.28. The molecule has 1 aliphatic heterocycles. The summed E-state index contributed by atoms with van der Waals surface area (Å²) in [5, 5.41) is 3.51. The van der Waals surface area contributed by atoms with Crippen LogP contribution in [-0.4, -0.2) is 4.57 Å². The second kappa shape index (κ2) is 6.58. The number of thiophene rings is 1. The van der Waals surface area contributed by atoms with E-state index in [4.69, 9.17) is 0 Å². The van der Waals surface area contributed by atoms with Crippen LogP contribution in [0.15, 0.2) is 109 Å². The predicted octanol–water partition coefficient (Wildman–Crippen LogP) is 7.25. The molecule has 1 unspecified atom stereocenters. The van der Waals surface area contributed by atoms with Crippen LogP contribution in [-0.2, 0) is 5.54 Å². The van der Waals surface area contributed by atoms with Crippen LogP contribution in [0.5, 0.6) is 0 Å². The Labute approximate surface area is 180 Å². The molecular weight excluding hydrogens is 382 g/mol. The number of allylic oxidation sites excluding steroid dienone is 1. The minimum atomic E-state index is -0.357. The number of nitrogens with zero attached hydrogens (tertiary/aromatic N) is 1. The summed E-state index contributed by atoms with van der Waals surface area (Å²) in [6.45, 7) is 2.26. The van der Waals surface area contributed by atoms with E-state index in [-0.39, 0.29) is 5.54 Å². The summed E-state index contributed by atoms with van der Waals surface area (Å²) < 4.78 is 2.57. The van der Waals surface area contributed by atoms with Crippen LogP contribution >= 0.6 is 11.3 Å². The van der Waals surface area contributed by atoms with Gasteiger partial charge in [0.05, 0.1) is 11.2 Å². The van der Waals surface area contributed by atoms with E-state index < -0.39 is 0 Å². The molecule has 6 rings (SSSR count). The highest BCUT2D eigenvalue weighted by Crippen LogP contribution is 2.51. The van der Waals surface area contributed by atoms with E-state index in [1.807, 2.05) is 11.3 Å². The Bertz CT molecular complexity index is 1380. The Morgan fingerprint density at radius 2 is 1.43 bits per heavy atom. The fraction of sp³-hybridized carbons (Fsp3) is 0.0714. The molecule has 0 N–H and O–H groups in total. The molecule has 0 spiro atoms. The molecule has 30 heavy (non-hydrogen) atoms. The first-order chi connectivity index (χ1) is 14.8. The Morgan fingerprint density at radius 3 is 2.17 bits per heavy atom. The van der Waals surface area contributed by atoms with E-state index in [0.717, 1.165) is 0 Å². The molecule has 5 aromatic rings. The number of benzene rings is 3. The van der Waals surface area contributed by atoms with Crippen molar-refractivity contribution in [2.75, 3.05) is 0 Å². The fourth-order valence-electron chi connectivity index (χ4n) is 4.99. The normalized spacial score (nSPS) is 17.8. The van der Waals surface area contributed by atoms with E-state index >= 15 is 0 Å². The highest BCUT2D eigenvalue weighted by Gasteiger charge is 2.44. The van der Waals surface area contributed by atoms with Gasteiger partial charge in [-0.15, -0.1) is 11.3 Å². The minimum absolute atomic E-state index is 0.357. The number of hydrogen-bond donors (Lipinski definition) is 0. The summed E-state index contributed by atoms with van der Waals surface area (Å²) in [4.78, 5) is 1.33. The molecule has 0 fully saturated rings. The van der Waals surface area contributed by atoms with Crippen LogP contribution in [0, 0.1) is 6.92 Å². The van der Waals surface area contributed by atoms with E-state index in [1.165, 1.54) is 43.7 Å². The van der Waals surface area contributed by atoms with Crippen LogP contribution in [0.4, 0.5) is 0 Å². The number of para-hydroxylation sites is 1. The number of fused-ring (bicyclic) bond motifs is 3. The van der Waals surface area contributed by atoms with Gasteiger partial charge >= 0.3 is 0 Å². The molecule has 0 radical (unpaired) electrons. The highest BCUT2D eigenvalue weighted by molar-refractivity contribution is 7.10. The Kier molecular flexibility index (Phi) is 3.84. The second-order valence-corrected chi connectivity index (χ2v) is 8.81. The maximum atomic E-state index is 2.57. The largest absolute Gasteiger partial charge is 0.321 e. The van der Waals surface area contributed by atoms with Gasteiger partial charge in [-0.05, 0) is 47.2 Å². The lowest BCUT2D eigenvalue weighted by molar-refractivity contribution is 0.579. The predicted molar refractivity (Wildman–Crippen MR) is 127 cm³/mol. The van der Waals surface area contributed by atoms with Crippen molar-refractivity contribution < 1.29 is 0 Å². The SMILES string of the molecule is Cc1c2n(c3ccccc13)C(c1ccccc1)(c1cccs1)C=C2c1ccccc1. The Balaban J connectivity index is 1.81. The van der Waals surface area contributed by atoms with Crippen LogP contribution in [0.25, 0.3) is 16.5 Å². The zero-order chi connectivity index (χ0) is 20.1. The summed E-state index contributed by atoms with van der Waals surface area (Å²) in [7, 11) is 0. The number of rotatable bonds is 3. The molecule has 1 aliphatic rings. The number of aryl methyl sites for hydroxylation is 1. The molecule has 3 heterocycles. The second-order valence-electron chi connectivity index (χ2n) is 7.86. The lowest BCUT2D eigenvalue weighted by atomic mass is 9.86. The molecule has 0 bridgehead atoms. The molecule has 2 heteroatoms. The van der Waals surface area contributed by atoms with Crippen molar-refractivity contribution in [2.45, 2.75) is 12.5 Å². The van der Waals surface area contributed by atoms with Gasteiger partial charge in [-0.25, -0.2) is 0 Å². The van der Waals surface area contributed by atoms with Gasteiger partial charge in [0.25, 0.3) is 0 Å². The molecule has 0 amide bonds. The molecule has 144 valence electrons. The van der Waals surface area contributed by atoms with Crippen molar-refractivity contribution in [2.24, 2.45) is 0 Å². The number of aromatic nitrogens is 1. The van der Waals surface area contributed by atoms with Gasteiger partial charge in [0.15, 0.2) is 0 Å². The van der Waals surface area contributed by atoms with Crippen LogP contribution in [0.1, 0.15) is 27.3 Å². The molecule has 2 aromatic heterocycles. The number of hydrogen-bond acceptors (Lipinski definition) is 1. The summed E-state index contributed by atoms with van der Waals surface area (Å²) in [5.41, 5.74) is 7.45. The lowest BCUT2D eigenvalue weighted by Gasteiger charge is -2.31. The van der Waals surface area contributed by atoms with Crippen molar-refractivity contribution in [3.63, 3.8) is 0 Å². The molecule has 3 aromatic carbocycles. The monoisotopic (exact) mass is 403 g/mol. The van der Waals surface area contributed by atoms with Crippen LogP contribution in [0.2, 0.25) is 0 Å². The van der Waals surface area contributed by atoms with E-state index in [2.05, 4.69) is 120 Å². The Morgan fingerprint density at radius 1 is 0.733 bits per heavy atom. The van der Waals surface area contributed by atoms with Gasteiger partial charge in [0, 0.05) is 15.8 Å². The quantitative estimate of drug-likeness (QED) is 0.299. The topological polar surface area (TPSA) is 4.93 Å². The maximum Gasteiger partial charge on any atom is 0.124 e. The van der Waals surface area contributed by atoms with E-state index in [9.17, 15) is 0 Å². The first-order valence-electron chi connectivity index (χ1n) is 10.3. The molecule has 0 saturated carbocycles. The van der Waals surface area contributed by atoms with Crippen LogP contribution in [0.3, 0.4) is 0 Å². The zero-order valence-electron chi connectivity index (χ0n) is 16.7. The van der Waals surface area contributed by atoms with Crippen molar-refractivity contribution in [3.05, 3.63) is 136 Å². The maximum absolute atomic E-state index is 2.57. The molecule has 0 saturated heterocycles. The van der Waals surface area contributed by atoms with Gasteiger partial charge in [-0.3, -0.25) is 0 Å². The van der Waals surface area contributed by atoms with Gasteiger partial charge in [0.2, 0.25) is 0 Å². The zero-order valence-corrected chi connectivity index (χ0v) is 17.6. The minimum Gasteiger partial charge on any atom is -0.321 e. The van der Waals surface area contributed by atoms with Gasteiger partial charge in [-0.2, -0.15) is 0 Å². The fourth-order valence-corrected chi connectivity index (χ4v) is 5.90. The van der Waals surface area contributed by atoms with Crippen molar-refractivity contribution in [1.29, 1.82) is 0 Å². The van der Waals surface area contributed by atoms with Crippen molar-refractivity contribution >= 4 is 27.8 Å². The highest BCUT2D eigenvalue weighted by atomic mass is 32.1. The van der Waals surface area contributed by atoms with Crippen LogP contribution < -0.4 is 0 Å². The summed E-state index contributed by atoms with van der Waals surface area (Å²) in [5.74, 6) is 0. The summed E-state index contributed by atoms with van der Waals surface area (Å²) in [6, 6.07) is 35.0. The summed E-state index contributed by atoms with van der Waals surface area (Å²) >= 11 is 1.83. The average molecular weight is 404 g/mol. The molecule has 1 nitrogen and oxygen atoms in total. The van der Waals surface area contributed by atoms with E-state index in [0.29, 0.717) is 0 Å². The summed E-state index contributed by atoms with van der Waals surface area (Å²) in [6.07, 6.45) is 2.48. The van der Waals surface area contributed by atoms with Gasteiger partial charge in [-0.1, -0.05) is 84.9 Å². The smallest absolute Gasteiger partial charge is 0.124 e. The van der Waals surface area contributed by atoms with Gasteiger partial charge < -0.3 is 4.57 Å². The van der Waals surface area contributed by atoms with Gasteiger partial charge in [0.1, 0.15) is 5.54 Å². The average Bonchev–Trinajstić information content (AvgIpc) is 3.52.